The predicted octanol–water partition coefficient (Wildman–Crippen LogP) is 3.56. The van der Waals surface area contributed by atoms with Crippen molar-refractivity contribution in [1.29, 1.82) is 0 Å². The summed E-state index contributed by atoms with van der Waals surface area (Å²) < 4.78 is 5.30. The Morgan fingerprint density at radius 1 is 1.28 bits per heavy atom. The molecule has 0 bridgehead atoms. The van der Waals surface area contributed by atoms with Crippen LogP contribution in [0.5, 0.6) is 5.88 Å². The van der Waals surface area contributed by atoms with Gasteiger partial charge < -0.3 is 14.7 Å². The van der Waals surface area contributed by atoms with Crippen LogP contribution in [0.25, 0.3) is 0 Å². The molecule has 0 aliphatic heterocycles. The maximum Gasteiger partial charge on any atom is 0.341 e. The standard InChI is InChI=1S/C19H23N3O3/c1-5-11-22(14-9-7-6-8-10-14)18-20-15(19(2,3)4)12-16(21-18)25-13-17(23)24/h5-10,12H,1,11,13H2,2-4H3,(H,23,24). The molecule has 1 aromatic carbocycles. The fraction of sp³-hybridized carbons (Fsp3) is 0.316. The van der Waals surface area contributed by atoms with Crippen molar-refractivity contribution in [2.75, 3.05) is 18.1 Å². The van der Waals surface area contributed by atoms with Gasteiger partial charge in [0.2, 0.25) is 11.8 Å². The van der Waals surface area contributed by atoms with Gasteiger partial charge in [0.05, 0.1) is 5.69 Å². The van der Waals surface area contributed by atoms with Crippen LogP contribution in [0.1, 0.15) is 26.5 Å². The molecule has 0 aliphatic carbocycles. The van der Waals surface area contributed by atoms with E-state index in [0.29, 0.717) is 12.5 Å². The average molecular weight is 341 g/mol. The van der Waals surface area contributed by atoms with Crippen molar-refractivity contribution in [3.8, 4) is 5.88 Å². The number of anilines is 2. The molecule has 0 radical (unpaired) electrons. The van der Waals surface area contributed by atoms with E-state index in [0.717, 1.165) is 11.4 Å². The third-order valence-corrected chi connectivity index (χ3v) is 3.42. The van der Waals surface area contributed by atoms with E-state index in [1.54, 1.807) is 12.1 Å². The number of nitrogens with zero attached hydrogens (tertiary/aromatic N) is 3. The second-order valence-electron chi connectivity index (χ2n) is 6.56. The minimum absolute atomic E-state index is 0.238. The molecule has 0 aliphatic rings. The summed E-state index contributed by atoms with van der Waals surface area (Å²) in [5, 5.41) is 8.85. The summed E-state index contributed by atoms with van der Waals surface area (Å²) in [6.45, 7) is 9.94. The van der Waals surface area contributed by atoms with Crippen molar-refractivity contribution >= 4 is 17.6 Å². The van der Waals surface area contributed by atoms with Crippen LogP contribution in [0, 0.1) is 0 Å². The summed E-state index contributed by atoms with van der Waals surface area (Å²) in [7, 11) is 0. The summed E-state index contributed by atoms with van der Waals surface area (Å²) in [6.07, 6.45) is 1.76. The number of carboxylic acids is 1. The molecule has 0 spiro atoms. The van der Waals surface area contributed by atoms with Gasteiger partial charge in [-0.15, -0.1) is 6.58 Å². The van der Waals surface area contributed by atoms with Gasteiger partial charge in [0, 0.05) is 23.7 Å². The molecule has 25 heavy (non-hydrogen) atoms. The van der Waals surface area contributed by atoms with E-state index in [1.807, 2.05) is 56.0 Å². The summed E-state index contributed by atoms with van der Waals surface area (Å²) in [4.78, 5) is 21.8. The Morgan fingerprint density at radius 3 is 2.52 bits per heavy atom. The van der Waals surface area contributed by atoms with Crippen molar-refractivity contribution < 1.29 is 14.6 Å². The number of hydrogen-bond donors (Lipinski definition) is 1. The van der Waals surface area contributed by atoms with Crippen LogP contribution in [0.4, 0.5) is 11.6 Å². The highest BCUT2D eigenvalue weighted by molar-refractivity contribution is 5.68. The van der Waals surface area contributed by atoms with Gasteiger partial charge in [-0.2, -0.15) is 4.98 Å². The molecule has 0 atom stereocenters. The van der Waals surface area contributed by atoms with Gasteiger partial charge in [-0.3, -0.25) is 0 Å². The zero-order valence-corrected chi connectivity index (χ0v) is 14.8. The monoisotopic (exact) mass is 341 g/mol. The van der Waals surface area contributed by atoms with Crippen molar-refractivity contribution in [2.45, 2.75) is 26.2 Å². The number of ether oxygens (including phenoxy) is 1. The lowest BCUT2D eigenvalue weighted by Crippen LogP contribution is -2.23. The van der Waals surface area contributed by atoms with E-state index in [4.69, 9.17) is 9.84 Å². The molecule has 0 saturated heterocycles. The van der Waals surface area contributed by atoms with Gasteiger partial charge in [0.1, 0.15) is 0 Å². The van der Waals surface area contributed by atoms with E-state index in [2.05, 4.69) is 16.5 Å². The van der Waals surface area contributed by atoms with Crippen LogP contribution >= 0.6 is 0 Å². The van der Waals surface area contributed by atoms with E-state index in [-0.39, 0.29) is 11.3 Å². The van der Waals surface area contributed by atoms with E-state index < -0.39 is 12.6 Å². The lowest BCUT2D eigenvalue weighted by molar-refractivity contribution is -0.139. The Hall–Kier alpha value is -2.89. The molecule has 6 heteroatoms. The largest absolute Gasteiger partial charge is 0.479 e. The maximum atomic E-state index is 10.8. The van der Waals surface area contributed by atoms with Crippen molar-refractivity contribution in [2.24, 2.45) is 0 Å². The molecular weight excluding hydrogens is 318 g/mol. The van der Waals surface area contributed by atoms with Gasteiger partial charge in [-0.1, -0.05) is 45.0 Å². The topological polar surface area (TPSA) is 75.6 Å². The number of hydrogen-bond acceptors (Lipinski definition) is 5. The zero-order chi connectivity index (χ0) is 18.4. The smallest absolute Gasteiger partial charge is 0.341 e. The Bertz CT molecular complexity index is 739. The number of carbonyl (C=O) groups is 1. The van der Waals surface area contributed by atoms with Gasteiger partial charge in [0.15, 0.2) is 6.61 Å². The number of aromatic nitrogens is 2. The molecular formula is C19H23N3O3. The second kappa shape index (κ2) is 7.79. The average Bonchev–Trinajstić information content (AvgIpc) is 2.57. The molecule has 1 N–H and O–H groups in total. The first kappa shape index (κ1) is 18.4. The van der Waals surface area contributed by atoms with Crippen LogP contribution in [-0.2, 0) is 10.2 Å². The summed E-state index contributed by atoms with van der Waals surface area (Å²) in [5.74, 6) is -0.371. The van der Waals surface area contributed by atoms with E-state index >= 15 is 0 Å². The van der Waals surface area contributed by atoms with Gasteiger partial charge >= 0.3 is 5.97 Å². The highest BCUT2D eigenvalue weighted by Crippen LogP contribution is 2.29. The summed E-state index contributed by atoms with van der Waals surface area (Å²) in [5.41, 5.74) is 1.44. The first-order valence-electron chi connectivity index (χ1n) is 7.99. The number of para-hydroxylation sites is 1. The number of carboxylic acid groups (broad SMARTS) is 1. The van der Waals surface area contributed by atoms with Crippen LogP contribution < -0.4 is 9.64 Å². The highest BCUT2D eigenvalue weighted by atomic mass is 16.5. The molecule has 2 rings (SSSR count). The molecule has 1 aromatic heterocycles. The lowest BCUT2D eigenvalue weighted by atomic mass is 9.92. The number of benzene rings is 1. The molecule has 0 fully saturated rings. The minimum Gasteiger partial charge on any atom is -0.479 e. The molecule has 1 heterocycles. The molecule has 0 unspecified atom stereocenters. The predicted molar refractivity (Wildman–Crippen MR) is 97.5 cm³/mol. The van der Waals surface area contributed by atoms with Gasteiger partial charge in [-0.25, -0.2) is 9.78 Å². The second-order valence-corrected chi connectivity index (χ2v) is 6.56. The lowest BCUT2D eigenvalue weighted by Gasteiger charge is -2.25. The SMILES string of the molecule is C=CCN(c1ccccc1)c1nc(OCC(=O)O)cc(C(C)(C)C)n1. The Kier molecular flexibility index (Phi) is 5.75. The Morgan fingerprint density at radius 2 is 1.96 bits per heavy atom. The van der Waals surface area contributed by atoms with Crippen molar-refractivity contribution in [1.82, 2.24) is 9.97 Å². The van der Waals surface area contributed by atoms with Gasteiger partial charge in [0.25, 0.3) is 0 Å². The number of rotatable bonds is 7. The van der Waals surface area contributed by atoms with Gasteiger partial charge in [-0.05, 0) is 12.1 Å². The van der Waals surface area contributed by atoms with E-state index in [9.17, 15) is 4.79 Å². The molecule has 0 amide bonds. The van der Waals surface area contributed by atoms with Crippen LogP contribution in [-0.4, -0.2) is 34.2 Å². The van der Waals surface area contributed by atoms with Crippen molar-refractivity contribution in [3.63, 3.8) is 0 Å². The number of aliphatic carboxylic acids is 1. The molecule has 132 valence electrons. The van der Waals surface area contributed by atoms with Crippen LogP contribution in [0.3, 0.4) is 0 Å². The highest BCUT2D eigenvalue weighted by Gasteiger charge is 2.21. The fourth-order valence-corrected chi connectivity index (χ4v) is 2.17. The van der Waals surface area contributed by atoms with Crippen LogP contribution in [0.15, 0.2) is 49.1 Å². The Balaban J connectivity index is 2.50. The summed E-state index contributed by atoms with van der Waals surface area (Å²) in [6, 6.07) is 11.4. The quantitative estimate of drug-likeness (QED) is 0.776. The van der Waals surface area contributed by atoms with E-state index in [1.165, 1.54) is 0 Å². The summed E-state index contributed by atoms with van der Waals surface area (Å²) >= 11 is 0. The molecule has 2 aromatic rings. The third kappa shape index (κ3) is 5.04. The van der Waals surface area contributed by atoms with Crippen molar-refractivity contribution in [3.05, 3.63) is 54.7 Å². The first-order chi connectivity index (χ1) is 11.8. The fourth-order valence-electron chi connectivity index (χ4n) is 2.17. The molecule has 6 nitrogen and oxygen atoms in total. The molecule has 0 saturated carbocycles. The maximum absolute atomic E-state index is 10.8. The zero-order valence-electron chi connectivity index (χ0n) is 14.8. The van der Waals surface area contributed by atoms with Crippen LogP contribution in [0.2, 0.25) is 0 Å². The normalized spacial score (nSPS) is 11.0. The third-order valence-electron chi connectivity index (χ3n) is 3.42. The first-order valence-corrected chi connectivity index (χ1v) is 7.99. The Labute approximate surface area is 147 Å². The minimum atomic E-state index is -1.05.